The van der Waals surface area contributed by atoms with Crippen molar-refractivity contribution >= 4 is 6.29 Å². The third kappa shape index (κ3) is 2.08. The Labute approximate surface area is 108 Å². The number of rotatable bonds is 0. The van der Waals surface area contributed by atoms with Gasteiger partial charge in [0.2, 0.25) is 0 Å². The van der Waals surface area contributed by atoms with Crippen molar-refractivity contribution < 1.29 is 14.3 Å². The largest absolute Gasteiger partial charge is 0.343 e. The van der Waals surface area contributed by atoms with Crippen LogP contribution in [0.2, 0.25) is 0 Å². The summed E-state index contributed by atoms with van der Waals surface area (Å²) in [5.74, 6) is -0.397. The molecule has 1 heterocycles. The van der Waals surface area contributed by atoms with Gasteiger partial charge in [0.15, 0.2) is 5.79 Å². The lowest BCUT2D eigenvalue weighted by Crippen LogP contribution is -2.24. The Morgan fingerprint density at radius 3 is 2.33 bits per heavy atom. The third-order valence-corrected chi connectivity index (χ3v) is 3.59. The molecule has 1 aliphatic carbocycles. The molecule has 1 spiro atoms. The van der Waals surface area contributed by atoms with E-state index in [1.54, 1.807) is 0 Å². The van der Waals surface area contributed by atoms with E-state index in [1.807, 2.05) is 0 Å². The van der Waals surface area contributed by atoms with E-state index in [9.17, 15) is 0 Å². The number of aldehydes is 1. The first-order valence-corrected chi connectivity index (χ1v) is 6.42. The van der Waals surface area contributed by atoms with Gasteiger partial charge in [0, 0.05) is 12.0 Å². The molecule has 0 N–H and O–H groups in total. The first-order valence-electron chi connectivity index (χ1n) is 6.42. The number of fused-ring (bicyclic) bond motifs is 2. The van der Waals surface area contributed by atoms with Crippen molar-refractivity contribution in [1.82, 2.24) is 0 Å². The van der Waals surface area contributed by atoms with Gasteiger partial charge in [-0.25, -0.2) is 0 Å². The maximum atomic E-state index is 8.81. The Hall–Kier alpha value is -1.19. The van der Waals surface area contributed by atoms with E-state index in [4.69, 9.17) is 14.3 Å². The van der Waals surface area contributed by atoms with E-state index >= 15 is 0 Å². The van der Waals surface area contributed by atoms with E-state index < -0.39 is 5.79 Å². The van der Waals surface area contributed by atoms with Gasteiger partial charge in [-0.2, -0.15) is 0 Å². The van der Waals surface area contributed by atoms with Crippen LogP contribution >= 0.6 is 0 Å². The van der Waals surface area contributed by atoms with E-state index in [-0.39, 0.29) is 0 Å². The van der Waals surface area contributed by atoms with Crippen molar-refractivity contribution in [2.45, 2.75) is 39.4 Å². The zero-order chi connectivity index (χ0) is 13.2. The topological polar surface area (TPSA) is 35.5 Å². The van der Waals surface area contributed by atoms with Gasteiger partial charge in [0.25, 0.3) is 0 Å². The van der Waals surface area contributed by atoms with Crippen LogP contribution in [0.3, 0.4) is 0 Å². The van der Waals surface area contributed by atoms with Gasteiger partial charge >= 0.3 is 0 Å². The molecule has 0 saturated carbocycles. The molecule has 18 heavy (non-hydrogen) atoms. The number of carbonyl (C=O) groups excluding carboxylic acids is 1. The standard InChI is InChI=1S/C13H16O2.C2H4O/c1-9-3-4-10(2)12-11(9)5-6-13(12)14-7-8-15-13;1-2-3/h3-4H,5-8H2,1-2H3;2H,1H3. The first kappa shape index (κ1) is 13.2. The second-order valence-corrected chi connectivity index (χ2v) is 4.74. The van der Waals surface area contributed by atoms with Gasteiger partial charge in [-0.1, -0.05) is 12.1 Å². The van der Waals surface area contributed by atoms with Gasteiger partial charge in [-0.05, 0) is 43.9 Å². The minimum atomic E-state index is -0.397. The number of ether oxygens (including phenoxy) is 2. The van der Waals surface area contributed by atoms with Gasteiger partial charge in [0.1, 0.15) is 6.29 Å². The monoisotopic (exact) mass is 248 g/mol. The average Bonchev–Trinajstić information content (AvgIpc) is 2.95. The van der Waals surface area contributed by atoms with Crippen LogP contribution in [-0.4, -0.2) is 19.5 Å². The molecule has 3 heteroatoms. The highest BCUT2D eigenvalue weighted by Crippen LogP contribution is 2.45. The summed E-state index contributed by atoms with van der Waals surface area (Å²) in [7, 11) is 0. The lowest BCUT2D eigenvalue weighted by Gasteiger charge is -2.24. The second kappa shape index (κ2) is 5.21. The second-order valence-electron chi connectivity index (χ2n) is 4.74. The van der Waals surface area contributed by atoms with Gasteiger partial charge in [-0.15, -0.1) is 0 Å². The van der Waals surface area contributed by atoms with Crippen molar-refractivity contribution in [3.63, 3.8) is 0 Å². The van der Waals surface area contributed by atoms with Crippen molar-refractivity contribution in [2.75, 3.05) is 13.2 Å². The summed E-state index contributed by atoms with van der Waals surface area (Å²) < 4.78 is 11.7. The molecule has 0 atom stereocenters. The first-order chi connectivity index (χ1) is 8.64. The minimum Gasteiger partial charge on any atom is -0.343 e. The number of aryl methyl sites for hydroxylation is 2. The molecule has 3 nitrogen and oxygen atoms in total. The number of benzene rings is 1. The van der Waals surface area contributed by atoms with Crippen molar-refractivity contribution in [1.29, 1.82) is 0 Å². The molecule has 0 radical (unpaired) electrons. The summed E-state index contributed by atoms with van der Waals surface area (Å²) in [6, 6.07) is 4.37. The zero-order valence-corrected chi connectivity index (χ0v) is 11.3. The van der Waals surface area contributed by atoms with E-state index in [0.717, 1.165) is 32.3 Å². The summed E-state index contributed by atoms with van der Waals surface area (Å²) in [4.78, 5) is 8.81. The molecule has 1 saturated heterocycles. The average molecular weight is 248 g/mol. The highest BCUT2D eigenvalue weighted by molar-refractivity contribution is 5.46. The maximum Gasteiger partial charge on any atom is 0.195 e. The van der Waals surface area contributed by atoms with E-state index in [2.05, 4.69) is 26.0 Å². The van der Waals surface area contributed by atoms with Crippen molar-refractivity contribution in [3.05, 3.63) is 34.4 Å². The molecule has 2 aliphatic rings. The zero-order valence-electron chi connectivity index (χ0n) is 11.3. The molecule has 3 rings (SSSR count). The van der Waals surface area contributed by atoms with Crippen molar-refractivity contribution in [3.8, 4) is 0 Å². The van der Waals surface area contributed by atoms with Gasteiger partial charge in [-0.3, -0.25) is 0 Å². The lowest BCUT2D eigenvalue weighted by molar-refractivity contribution is -0.163. The van der Waals surface area contributed by atoms with Crippen LogP contribution in [0, 0.1) is 13.8 Å². The Kier molecular flexibility index (Phi) is 3.83. The summed E-state index contributed by atoms with van der Waals surface area (Å²) in [5, 5.41) is 0. The summed E-state index contributed by atoms with van der Waals surface area (Å²) >= 11 is 0. The molecule has 1 fully saturated rings. The number of hydrogen-bond donors (Lipinski definition) is 0. The Bertz CT molecular complexity index is 445. The van der Waals surface area contributed by atoms with Crippen molar-refractivity contribution in [2.24, 2.45) is 0 Å². The molecular formula is C15H20O3. The van der Waals surface area contributed by atoms with Crippen LogP contribution in [0.4, 0.5) is 0 Å². The minimum absolute atomic E-state index is 0.397. The fourth-order valence-corrected chi connectivity index (χ4v) is 2.88. The van der Waals surface area contributed by atoms with Gasteiger partial charge in [0.05, 0.1) is 13.2 Å². The molecule has 1 aromatic rings. The number of carbonyl (C=O) groups is 1. The maximum absolute atomic E-state index is 8.81. The van der Waals surface area contributed by atoms with Crippen LogP contribution in [0.5, 0.6) is 0 Å². The summed E-state index contributed by atoms with van der Waals surface area (Å²) in [6.07, 6.45) is 2.82. The Morgan fingerprint density at radius 1 is 1.17 bits per heavy atom. The van der Waals surface area contributed by atoms with Crippen LogP contribution in [0.15, 0.2) is 12.1 Å². The summed E-state index contributed by atoms with van der Waals surface area (Å²) in [6.45, 7) is 7.22. The molecule has 0 amide bonds. The highest BCUT2D eigenvalue weighted by Gasteiger charge is 2.45. The number of hydrogen-bond acceptors (Lipinski definition) is 3. The van der Waals surface area contributed by atoms with Crippen LogP contribution in [0.1, 0.15) is 35.6 Å². The Balaban J connectivity index is 0.000000367. The van der Waals surface area contributed by atoms with E-state index in [1.165, 1.54) is 29.2 Å². The molecule has 0 unspecified atom stereocenters. The quantitative estimate of drug-likeness (QED) is 0.662. The highest BCUT2D eigenvalue weighted by atomic mass is 16.7. The molecule has 1 aromatic carbocycles. The fourth-order valence-electron chi connectivity index (χ4n) is 2.88. The predicted octanol–water partition coefficient (Wildman–Crippen LogP) is 2.65. The molecule has 0 aromatic heterocycles. The SMILES string of the molecule is CC=O.Cc1ccc(C)c2c1CCC21OCCO1. The predicted molar refractivity (Wildman–Crippen MR) is 69.6 cm³/mol. The molecule has 0 bridgehead atoms. The Morgan fingerprint density at radius 2 is 1.72 bits per heavy atom. The molecular weight excluding hydrogens is 228 g/mol. The van der Waals surface area contributed by atoms with E-state index in [0.29, 0.717) is 0 Å². The fraction of sp³-hybridized carbons (Fsp3) is 0.533. The lowest BCUT2D eigenvalue weighted by atomic mass is 9.97. The molecule has 98 valence electrons. The van der Waals surface area contributed by atoms with Crippen LogP contribution < -0.4 is 0 Å². The molecule has 1 aliphatic heterocycles. The summed E-state index contributed by atoms with van der Waals surface area (Å²) in [5.41, 5.74) is 5.42. The van der Waals surface area contributed by atoms with Gasteiger partial charge < -0.3 is 14.3 Å². The van der Waals surface area contributed by atoms with Crippen LogP contribution in [0.25, 0.3) is 0 Å². The van der Waals surface area contributed by atoms with Crippen LogP contribution in [-0.2, 0) is 26.5 Å². The normalized spacial score (nSPS) is 19.3. The smallest absolute Gasteiger partial charge is 0.195 e. The third-order valence-electron chi connectivity index (χ3n) is 3.59.